The lowest BCUT2D eigenvalue weighted by Gasteiger charge is -2.28. The molecule has 144 valence electrons. The molecule has 1 saturated carbocycles. The molecule has 6 nitrogen and oxygen atoms in total. The number of esters is 1. The van der Waals surface area contributed by atoms with Gasteiger partial charge in [-0.25, -0.2) is 4.79 Å². The molecule has 3 aliphatic rings. The molecule has 2 aliphatic carbocycles. The van der Waals surface area contributed by atoms with E-state index in [1.54, 1.807) is 0 Å². The number of aldehydes is 1. The van der Waals surface area contributed by atoms with E-state index in [4.69, 9.17) is 14.2 Å². The first-order valence-corrected chi connectivity index (χ1v) is 9.40. The van der Waals surface area contributed by atoms with Gasteiger partial charge < -0.3 is 23.7 Å². The summed E-state index contributed by atoms with van der Waals surface area (Å²) < 4.78 is 21.7. The van der Waals surface area contributed by atoms with Gasteiger partial charge in [0.25, 0.3) is 0 Å². The first-order valence-electron chi connectivity index (χ1n) is 9.40. The van der Waals surface area contributed by atoms with Crippen molar-refractivity contribution in [2.75, 3.05) is 20.3 Å². The Kier molecular flexibility index (Phi) is 6.48. The Labute approximate surface area is 154 Å². The summed E-state index contributed by atoms with van der Waals surface area (Å²) >= 11 is 0. The van der Waals surface area contributed by atoms with Crippen LogP contribution in [-0.4, -0.2) is 45.0 Å². The van der Waals surface area contributed by atoms with Crippen molar-refractivity contribution in [3.8, 4) is 0 Å². The van der Waals surface area contributed by atoms with Crippen LogP contribution in [0.25, 0.3) is 0 Å². The van der Waals surface area contributed by atoms with Gasteiger partial charge in [0.05, 0.1) is 19.0 Å². The molecule has 2 fully saturated rings. The molecular weight excluding hydrogens is 336 g/mol. The summed E-state index contributed by atoms with van der Waals surface area (Å²) in [6.45, 7) is 4.49. The normalized spacial score (nSPS) is 33.3. The highest BCUT2D eigenvalue weighted by molar-refractivity contribution is 5.70. The number of hydrogen-bond acceptors (Lipinski definition) is 6. The molecule has 3 rings (SSSR count). The van der Waals surface area contributed by atoms with Crippen LogP contribution in [0.1, 0.15) is 38.5 Å². The molecule has 1 aliphatic heterocycles. The van der Waals surface area contributed by atoms with Gasteiger partial charge in [-0.15, -0.1) is 0 Å². The monoisotopic (exact) mass is 364 g/mol. The summed E-state index contributed by atoms with van der Waals surface area (Å²) in [5.74, 6) is 0.664. The third-order valence-corrected chi connectivity index (χ3v) is 5.59. The van der Waals surface area contributed by atoms with Gasteiger partial charge in [0.1, 0.15) is 6.29 Å². The maximum atomic E-state index is 11.7. The van der Waals surface area contributed by atoms with Crippen molar-refractivity contribution in [2.45, 2.75) is 50.9 Å². The smallest absolute Gasteiger partial charge is 0.343 e. The van der Waals surface area contributed by atoms with Crippen molar-refractivity contribution in [1.29, 1.82) is 0 Å². The number of rotatable bonds is 8. The first kappa shape index (κ1) is 19.1. The highest BCUT2D eigenvalue weighted by Gasteiger charge is 2.46. The van der Waals surface area contributed by atoms with Crippen LogP contribution in [0.15, 0.2) is 24.0 Å². The lowest BCUT2D eigenvalue weighted by molar-refractivity contribution is -0.194. The van der Waals surface area contributed by atoms with Gasteiger partial charge in [0, 0.05) is 18.9 Å². The topological polar surface area (TPSA) is 71.1 Å². The van der Waals surface area contributed by atoms with Gasteiger partial charge in [0.2, 0.25) is 0 Å². The average Bonchev–Trinajstić information content (AvgIpc) is 3.16. The molecule has 0 N–H and O–H groups in total. The second kappa shape index (κ2) is 8.82. The summed E-state index contributed by atoms with van der Waals surface area (Å²) in [5, 5.41) is 0. The molecule has 0 aromatic carbocycles. The van der Waals surface area contributed by atoms with Crippen molar-refractivity contribution in [3.05, 3.63) is 24.0 Å². The highest BCUT2D eigenvalue weighted by Crippen LogP contribution is 2.48. The van der Waals surface area contributed by atoms with E-state index in [1.165, 1.54) is 12.7 Å². The quantitative estimate of drug-likeness (QED) is 0.285. The van der Waals surface area contributed by atoms with Crippen molar-refractivity contribution in [3.63, 3.8) is 0 Å². The van der Waals surface area contributed by atoms with Gasteiger partial charge in [-0.1, -0.05) is 18.2 Å². The van der Waals surface area contributed by atoms with Crippen LogP contribution in [0.5, 0.6) is 0 Å². The third kappa shape index (κ3) is 4.54. The SMILES string of the molecule is C=C(CC1=CC2CC(OC3CCCCO3)C(C=O)C2C1)OCC(=O)OC. The maximum absolute atomic E-state index is 11.7. The minimum atomic E-state index is -0.422. The third-order valence-electron chi connectivity index (χ3n) is 5.59. The van der Waals surface area contributed by atoms with Crippen molar-refractivity contribution in [2.24, 2.45) is 17.8 Å². The maximum Gasteiger partial charge on any atom is 0.343 e. The minimum Gasteiger partial charge on any atom is -0.487 e. The lowest BCUT2D eigenvalue weighted by Crippen LogP contribution is -2.32. The van der Waals surface area contributed by atoms with Crippen LogP contribution >= 0.6 is 0 Å². The number of methoxy groups -OCH3 is 1. The molecule has 0 aromatic rings. The highest BCUT2D eigenvalue weighted by atomic mass is 16.7. The number of carbonyl (C=O) groups is 2. The second-order valence-corrected chi connectivity index (χ2v) is 7.36. The number of hydrogen-bond donors (Lipinski definition) is 0. The Morgan fingerprint density at radius 3 is 2.96 bits per heavy atom. The second-order valence-electron chi connectivity index (χ2n) is 7.36. The predicted molar refractivity (Wildman–Crippen MR) is 94.0 cm³/mol. The fourth-order valence-corrected chi connectivity index (χ4v) is 4.32. The van der Waals surface area contributed by atoms with Crippen LogP contribution in [0.3, 0.4) is 0 Å². The number of carbonyl (C=O) groups excluding carboxylic acids is 2. The summed E-state index contributed by atoms with van der Waals surface area (Å²) in [4.78, 5) is 22.8. The zero-order valence-corrected chi connectivity index (χ0v) is 15.4. The van der Waals surface area contributed by atoms with E-state index in [-0.39, 0.29) is 30.8 Å². The Morgan fingerprint density at radius 2 is 2.27 bits per heavy atom. The fraction of sp³-hybridized carbons (Fsp3) is 0.700. The van der Waals surface area contributed by atoms with E-state index in [9.17, 15) is 9.59 Å². The van der Waals surface area contributed by atoms with E-state index in [0.717, 1.165) is 45.0 Å². The summed E-state index contributed by atoms with van der Waals surface area (Å²) in [6, 6.07) is 0. The number of ether oxygens (including phenoxy) is 4. The van der Waals surface area contributed by atoms with Gasteiger partial charge in [-0.3, -0.25) is 0 Å². The molecular formula is C20H28O6. The fourth-order valence-electron chi connectivity index (χ4n) is 4.32. The standard InChI is InChI=1S/C20H28O6/c1-13(25-12-19(22)23-2)7-14-8-15-10-18(17(11-21)16(15)9-14)26-20-5-3-4-6-24-20/h8,11,15-18,20H,1,3-7,9-10,12H2,2H3. The van der Waals surface area contributed by atoms with Crippen LogP contribution in [-0.2, 0) is 28.5 Å². The molecule has 5 atom stereocenters. The first-order chi connectivity index (χ1) is 12.6. The molecule has 1 heterocycles. The van der Waals surface area contributed by atoms with Crippen molar-refractivity contribution in [1.82, 2.24) is 0 Å². The zero-order valence-electron chi connectivity index (χ0n) is 15.4. The van der Waals surface area contributed by atoms with E-state index >= 15 is 0 Å². The summed E-state index contributed by atoms with van der Waals surface area (Å²) in [7, 11) is 1.32. The van der Waals surface area contributed by atoms with Crippen LogP contribution in [0, 0.1) is 17.8 Å². The molecule has 0 spiro atoms. The minimum absolute atomic E-state index is 0.0535. The van der Waals surface area contributed by atoms with Gasteiger partial charge in [-0.2, -0.15) is 0 Å². The summed E-state index contributed by atoms with van der Waals surface area (Å²) in [5.41, 5.74) is 1.22. The van der Waals surface area contributed by atoms with Gasteiger partial charge in [0.15, 0.2) is 12.9 Å². The molecule has 0 bridgehead atoms. The Balaban J connectivity index is 1.51. The van der Waals surface area contributed by atoms with Crippen LogP contribution in [0.4, 0.5) is 0 Å². The van der Waals surface area contributed by atoms with Crippen molar-refractivity contribution < 1.29 is 28.5 Å². The van der Waals surface area contributed by atoms with E-state index in [2.05, 4.69) is 17.4 Å². The molecule has 1 saturated heterocycles. The Bertz CT molecular complexity index is 563. The Hall–Kier alpha value is -1.66. The molecule has 26 heavy (non-hydrogen) atoms. The molecule has 5 unspecified atom stereocenters. The Morgan fingerprint density at radius 1 is 1.42 bits per heavy atom. The largest absolute Gasteiger partial charge is 0.487 e. The molecule has 0 amide bonds. The van der Waals surface area contributed by atoms with E-state index in [1.807, 2.05) is 0 Å². The molecule has 0 aromatic heterocycles. The average molecular weight is 364 g/mol. The zero-order chi connectivity index (χ0) is 18.5. The predicted octanol–water partition coefficient (Wildman–Crippen LogP) is 2.77. The number of fused-ring (bicyclic) bond motifs is 1. The van der Waals surface area contributed by atoms with Crippen LogP contribution in [0.2, 0.25) is 0 Å². The lowest BCUT2D eigenvalue weighted by atomic mass is 9.90. The molecule has 6 heteroatoms. The van der Waals surface area contributed by atoms with Crippen molar-refractivity contribution >= 4 is 12.3 Å². The van der Waals surface area contributed by atoms with Gasteiger partial charge >= 0.3 is 5.97 Å². The molecule has 0 radical (unpaired) electrons. The van der Waals surface area contributed by atoms with Crippen LogP contribution < -0.4 is 0 Å². The number of allylic oxidation sites excluding steroid dienone is 2. The van der Waals surface area contributed by atoms with E-state index < -0.39 is 5.97 Å². The van der Waals surface area contributed by atoms with E-state index in [0.29, 0.717) is 18.1 Å². The van der Waals surface area contributed by atoms with Gasteiger partial charge in [-0.05, 0) is 43.9 Å². The summed E-state index contributed by atoms with van der Waals surface area (Å²) in [6.07, 6.45) is 8.48.